The Morgan fingerprint density at radius 2 is 2.10 bits per heavy atom. The summed E-state index contributed by atoms with van der Waals surface area (Å²) in [7, 11) is 0. The van der Waals surface area contributed by atoms with Crippen LogP contribution < -0.4 is 10.6 Å². The lowest BCUT2D eigenvalue weighted by molar-refractivity contribution is -0.123. The Morgan fingerprint density at radius 3 is 2.85 bits per heavy atom. The van der Waals surface area contributed by atoms with E-state index in [0.29, 0.717) is 0 Å². The smallest absolute Gasteiger partial charge is 0.237 e. The molecule has 1 aliphatic heterocycles. The highest BCUT2D eigenvalue weighted by molar-refractivity contribution is 5.81. The van der Waals surface area contributed by atoms with Crippen molar-refractivity contribution < 1.29 is 4.79 Å². The molecule has 2 atom stereocenters. The lowest BCUT2D eigenvalue weighted by Gasteiger charge is -2.24. The van der Waals surface area contributed by atoms with Gasteiger partial charge in [-0.05, 0) is 31.2 Å². The molecule has 1 aliphatic rings. The van der Waals surface area contributed by atoms with E-state index in [1.165, 1.54) is 18.4 Å². The second-order valence-electron chi connectivity index (χ2n) is 5.61. The summed E-state index contributed by atoms with van der Waals surface area (Å²) in [6.07, 6.45) is 6.61. The van der Waals surface area contributed by atoms with Gasteiger partial charge in [0.15, 0.2) is 0 Å². The van der Waals surface area contributed by atoms with Crippen LogP contribution in [0.4, 0.5) is 0 Å². The number of unbranched alkanes of at least 4 members (excludes halogenated alkanes) is 1. The normalized spacial score (nSPS) is 21.1. The third-order valence-corrected chi connectivity index (χ3v) is 3.99. The Labute approximate surface area is 122 Å². The van der Waals surface area contributed by atoms with Crippen LogP contribution >= 0.6 is 0 Å². The van der Waals surface area contributed by atoms with Gasteiger partial charge in [0, 0.05) is 12.6 Å². The van der Waals surface area contributed by atoms with Crippen molar-refractivity contribution in [3.8, 4) is 0 Å². The van der Waals surface area contributed by atoms with Crippen molar-refractivity contribution in [2.45, 2.75) is 57.5 Å². The molecule has 20 heavy (non-hydrogen) atoms. The number of benzene rings is 1. The lowest BCUT2D eigenvalue weighted by Crippen LogP contribution is -2.44. The quantitative estimate of drug-likeness (QED) is 0.836. The van der Waals surface area contributed by atoms with Gasteiger partial charge in [-0.3, -0.25) is 10.1 Å². The summed E-state index contributed by atoms with van der Waals surface area (Å²) in [5, 5.41) is 6.59. The minimum absolute atomic E-state index is 0.0421. The number of nitrogens with one attached hydrogen (secondary N) is 2. The maximum atomic E-state index is 12.1. The van der Waals surface area contributed by atoms with Crippen LogP contribution in [0.5, 0.6) is 0 Å². The minimum atomic E-state index is -0.0421. The molecule has 0 aromatic heterocycles. The molecular formula is C17H26N2O. The summed E-state index contributed by atoms with van der Waals surface area (Å²) in [6, 6.07) is 10.7. The first-order chi connectivity index (χ1) is 9.81. The van der Waals surface area contributed by atoms with E-state index in [0.717, 1.165) is 32.2 Å². The molecule has 110 valence electrons. The molecule has 0 aliphatic carbocycles. The van der Waals surface area contributed by atoms with Crippen molar-refractivity contribution >= 4 is 5.91 Å². The highest BCUT2D eigenvalue weighted by Crippen LogP contribution is 2.21. The average molecular weight is 274 g/mol. The third-order valence-electron chi connectivity index (χ3n) is 3.99. The zero-order chi connectivity index (χ0) is 14.2. The van der Waals surface area contributed by atoms with Gasteiger partial charge in [0.05, 0.1) is 6.04 Å². The van der Waals surface area contributed by atoms with Crippen LogP contribution in [0, 0.1) is 0 Å². The van der Waals surface area contributed by atoms with Crippen molar-refractivity contribution in [2.24, 2.45) is 0 Å². The van der Waals surface area contributed by atoms with Gasteiger partial charge >= 0.3 is 0 Å². The van der Waals surface area contributed by atoms with Crippen molar-refractivity contribution in [2.75, 3.05) is 6.54 Å². The number of hydrogen-bond donors (Lipinski definition) is 2. The van der Waals surface area contributed by atoms with E-state index in [9.17, 15) is 4.79 Å². The largest absolute Gasteiger partial charge is 0.355 e. The number of carbonyl (C=O) groups is 1. The fourth-order valence-electron chi connectivity index (χ4n) is 2.78. The predicted molar refractivity (Wildman–Crippen MR) is 82.5 cm³/mol. The van der Waals surface area contributed by atoms with Gasteiger partial charge in [0.25, 0.3) is 0 Å². The standard InChI is InChI=1S/C17H26N2O/c1-2-3-11-15(14-9-5-4-6-10-14)19-16-12-7-8-13-18-17(16)20/h4-6,9-10,15-16,19H,2-3,7-8,11-13H2,1H3,(H,18,20). The van der Waals surface area contributed by atoms with E-state index >= 15 is 0 Å². The van der Waals surface area contributed by atoms with Crippen molar-refractivity contribution in [1.29, 1.82) is 0 Å². The molecule has 1 amide bonds. The molecule has 2 rings (SSSR count). The van der Waals surface area contributed by atoms with Crippen molar-refractivity contribution in [1.82, 2.24) is 10.6 Å². The Morgan fingerprint density at radius 1 is 1.30 bits per heavy atom. The van der Waals surface area contributed by atoms with Crippen LogP contribution in [0.2, 0.25) is 0 Å². The second-order valence-corrected chi connectivity index (χ2v) is 5.61. The van der Waals surface area contributed by atoms with Crippen LogP contribution in [-0.4, -0.2) is 18.5 Å². The molecule has 0 spiro atoms. The van der Waals surface area contributed by atoms with Gasteiger partial charge in [0.1, 0.15) is 0 Å². The predicted octanol–water partition coefficient (Wildman–Crippen LogP) is 3.18. The molecule has 2 N–H and O–H groups in total. The maximum absolute atomic E-state index is 12.1. The number of rotatable bonds is 6. The summed E-state index contributed by atoms with van der Waals surface area (Å²) in [4.78, 5) is 12.1. The van der Waals surface area contributed by atoms with Crippen molar-refractivity contribution in [3.63, 3.8) is 0 Å². The summed E-state index contributed by atoms with van der Waals surface area (Å²) in [6.45, 7) is 3.03. The molecular weight excluding hydrogens is 248 g/mol. The Bertz CT molecular complexity index is 405. The third kappa shape index (κ3) is 4.34. The summed E-state index contributed by atoms with van der Waals surface area (Å²) >= 11 is 0. The van der Waals surface area contributed by atoms with Crippen LogP contribution in [0.1, 0.15) is 57.1 Å². The maximum Gasteiger partial charge on any atom is 0.237 e. The van der Waals surface area contributed by atoms with Crippen molar-refractivity contribution in [3.05, 3.63) is 35.9 Å². The Kier molecular flexibility index (Phi) is 6.06. The number of carbonyl (C=O) groups excluding carboxylic acids is 1. The Balaban J connectivity index is 2.04. The SMILES string of the molecule is CCCCC(NC1CCCCNC1=O)c1ccccc1. The summed E-state index contributed by atoms with van der Waals surface area (Å²) < 4.78 is 0. The molecule has 0 bridgehead atoms. The minimum Gasteiger partial charge on any atom is -0.355 e. The van der Waals surface area contributed by atoms with E-state index in [-0.39, 0.29) is 18.0 Å². The molecule has 1 heterocycles. The molecule has 3 nitrogen and oxygen atoms in total. The fraction of sp³-hybridized carbons (Fsp3) is 0.588. The van der Waals surface area contributed by atoms with Crippen LogP contribution in [0.25, 0.3) is 0 Å². The first-order valence-corrected chi connectivity index (χ1v) is 7.90. The molecule has 2 unspecified atom stereocenters. The van der Waals surface area contributed by atoms with E-state index in [1.807, 2.05) is 6.07 Å². The molecule has 0 saturated carbocycles. The fourth-order valence-corrected chi connectivity index (χ4v) is 2.78. The molecule has 1 aromatic carbocycles. The molecule has 3 heteroatoms. The van der Waals surface area contributed by atoms with Gasteiger partial charge in [-0.2, -0.15) is 0 Å². The number of hydrogen-bond acceptors (Lipinski definition) is 2. The molecule has 1 aromatic rings. The zero-order valence-electron chi connectivity index (χ0n) is 12.4. The second kappa shape index (κ2) is 8.05. The van der Waals surface area contributed by atoms with E-state index in [1.54, 1.807) is 0 Å². The van der Waals surface area contributed by atoms with E-state index < -0.39 is 0 Å². The van der Waals surface area contributed by atoms with E-state index in [2.05, 4.69) is 41.8 Å². The first kappa shape index (κ1) is 15.0. The average Bonchev–Trinajstić information content (AvgIpc) is 2.69. The van der Waals surface area contributed by atoms with Crippen LogP contribution in [0.15, 0.2) is 30.3 Å². The van der Waals surface area contributed by atoms with Crippen LogP contribution in [-0.2, 0) is 4.79 Å². The number of amides is 1. The summed E-state index contributed by atoms with van der Waals surface area (Å²) in [5.41, 5.74) is 1.29. The topological polar surface area (TPSA) is 41.1 Å². The van der Waals surface area contributed by atoms with Gasteiger partial charge in [0.2, 0.25) is 5.91 Å². The van der Waals surface area contributed by atoms with E-state index in [4.69, 9.17) is 0 Å². The van der Waals surface area contributed by atoms with Gasteiger partial charge in [-0.15, -0.1) is 0 Å². The summed E-state index contributed by atoms with van der Waals surface area (Å²) in [5.74, 6) is 0.167. The van der Waals surface area contributed by atoms with Gasteiger partial charge in [-0.25, -0.2) is 0 Å². The molecule has 1 fully saturated rings. The zero-order valence-corrected chi connectivity index (χ0v) is 12.4. The highest BCUT2D eigenvalue weighted by Gasteiger charge is 2.23. The Hall–Kier alpha value is -1.35. The molecule has 1 saturated heterocycles. The monoisotopic (exact) mass is 274 g/mol. The van der Waals surface area contributed by atoms with Gasteiger partial charge in [-0.1, -0.05) is 50.1 Å². The molecule has 0 radical (unpaired) electrons. The van der Waals surface area contributed by atoms with Crippen LogP contribution in [0.3, 0.4) is 0 Å². The first-order valence-electron chi connectivity index (χ1n) is 7.90. The highest BCUT2D eigenvalue weighted by atomic mass is 16.2. The van der Waals surface area contributed by atoms with Gasteiger partial charge < -0.3 is 5.32 Å². The lowest BCUT2D eigenvalue weighted by atomic mass is 9.99.